The Morgan fingerprint density at radius 2 is 2.14 bits per heavy atom. The van der Waals surface area contributed by atoms with E-state index in [1.807, 2.05) is 24.0 Å². The van der Waals surface area contributed by atoms with E-state index in [4.69, 9.17) is 0 Å². The van der Waals surface area contributed by atoms with Crippen LogP contribution in [0.2, 0.25) is 0 Å². The van der Waals surface area contributed by atoms with E-state index >= 15 is 0 Å². The van der Waals surface area contributed by atoms with Crippen LogP contribution in [0, 0.1) is 0 Å². The summed E-state index contributed by atoms with van der Waals surface area (Å²) in [6.07, 6.45) is 3.35. The van der Waals surface area contributed by atoms with Crippen LogP contribution >= 0.6 is 0 Å². The van der Waals surface area contributed by atoms with Gasteiger partial charge >= 0.3 is 0 Å². The van der Waals surface area contributed by atoms with Gasteiger partial charge in [0, 0.05) is 45.7 Å². The Hall–Kier alpha value is -1.16. The lowest BCUT2D eigenvalue weighted by molar-refractivity contribution is -0.121. The number of aryl methyl sites for hydroxylation is 1. The second-order valence-corrected chi connectivity index (χ2v) is 3.80. The van der Waals surface area contributed by atoms with Crippen molar-refractivity contribution < 1.29 is 4.79 Å². The molecule has 2 heterocycles. The second kappa shape index (κ2) is 3.92. The van der Waals surface area contributed by atoms with Crippen molar-refractivity contribution >= 4 is 5.78 Å². The summed E-state index contributed by atoms with van der Waals surface area (Å²) >= 11 is 0. The van der Waals surface area contributed by atoms with Crippen molar-refractivity contribution in [3.8, 4) is 0 Å². The highest BCUT2D eigenvalue weighted by atomic mass is 16.1. The molecule has 2 rings (SSSR count). The van der Waals surface area contributed by atoms with E-state index in [0.717, 1.165) is 25.3 Å². The molecular formula is C10H15N3O. The fourth-order valence-electron chi connectivity index (χ4n) is 1.74. The number of rotatable bonds is 2. The van der Waals surface area contributed by atoms with Crippen LogP contribution in [0.3, 0.4) is 0 Å². The van der Waals surface area contributed by atoms with Crippen LogP contribution in [0.15, 0.2) is 12.3 Å². The first-order valence-corrected chi connectivity index (χ1v) is 4.96. The quantitative estimate of drug-likeness (QED) is 0.689. The van der Waals surface area contributed by atoms with Crippen molar-refractivity contribution in [1.82, 2.24) is 14.7 Å². The van der Waals surface area contributed by atoms with Crippen LogP contribution in [0.1, 0.15) is 18.5 Å². The molecule has 0 saturated carbocycles. The summed E-state index contributed by atoms with van der Waals surface area (Å²) in [5.74, 6) is 0.391. The van der Waals surface area contributed by atoms with E-state index in [9.17, 15) is 4.79 Å². The number of Topliss-reactive ketones (excluding diaryl/α,β-unsaturated/α-hetero) is 1. The number of hydrogen-bond acceptors (Lipinski definition) is 3. The lowest BCUT2D eigenvalue weighted by atomic mass is 10.1. The van der Waals surface area contributed by atoms with Crippen molar-refractivity contribution in [2.75, 3.05) is 13.1 Å². The molecule has 0 atom stereocenters. The molecule has 4 heteroatoms. The molecule has 0 N–H and O–H groups in total. The normalized spacial score (nSPS) is 18.8. The first-order chi connectivity index (χ1) is 6.74. The van der Waals surface area contributed by atoms with Gasteiger partial charge < -0.3 is 0 Å². The van der Waals surface area contributed by atoms with Gasteiger partial charge in [0.1, 0.15) is 5.78 Å². The summed E-state index contributed by atoms with van der Waals surface area (Å²) in [5, 5.41) is 4.31. The van der Waals surface area contributed by atoms with Gasteiger partial charge in [0.25, 0.3) is 0 Å². The van der Waals surface area contributed by atoms with Crippen LogP contribution in [0.4, 0.5) is 0 Å². The molecule has 0 aromatic carbocycles. The van der Waals surface area contributed by atoms with E-state index in [1.165, 1.54) is 0 Å². The van der Waals surface area contributed by atoms with Crippen LogP contribution in [0.25, 0.3) is 0 Å². The number of hydrogen-bond donors (Lipinski definition) is 0. The molecule has 1 saturated heterocycles. The van der Waals surface area contributed by atoms with Crippen molar-refractivity contribution in [3.63, 3.8) is 0 Å². The molecule has 0 unspecified atom stereocenters. The minimum Gasteiger partial charge on any atom is -0.300 e. The molecule has 14 heavy (non-hydrogen) atoms. The Morgan fingerprint density at radius 3 is 2.71 bits per heavy atom. The molecule has 0 aliphatic carbocycles. The van der Waals surface area contributed by atoms with Gasteiger partial charge in [-0.15, -0.1) is 0 Å². The Labute approximate surface area is 83.5 Å². The molecule has 1 fully saturated rings. The van der Waals surface area contributed by atoms with Crippen molar-refractivity contribution in [2.45, 2.75) is 19.4 Å². The molecule has 1 aromatic rings. The summed E-state index contributed by atoms with van der Waals surface area (Å²) in [6, 6.07) is 2.02. The van der Waals surface area contributed by atoms with Gasteiger partial charge in [0.2, 0.25) is 0 Å². The molecule has 76 valence electrons. The van der Waals surface area contributed by atoms with E-state index in [2.05, 4.69) is 10.00 Å². The van der Waals surface area contributed by atoms with Crippen LogP contribution in [0.5, 0.6) is 0 Å². The SMILES string of the molecule is Cn1ccc(CN2CCC(=O)CC2)n1. The number of aromatic nitrogens is 2. The standard InChI is InChI=1S/C10H15N3O/c1-12-5-2-9(11-12)8-13-6-3-10(14)4-7-13/h2,5H,3-4,6-8H2,1H3. The number of nitrogens with zero attached hydrogens (tertiary/aromatic N) is 3. The first-order valence-electron chi connectivity index (χ1n) is 4.96. The zero-order chi connectivity index (χ0) is 9.97. The second-order valence-electron chi connectivity index (χ2n) is 3.80. The first kappa shape index (κ1) is 9.40. The predicted octanol–water partition coefficient (Wildman–Crippen LogP) is 0.585. The molecule has 4 nitrogen and oxygen atoms in total. The molecular weight excluding hydrogens is 178 g/mol. The average molecular weight is 193 g/mol. The van der Waals surface area contributed by atoms with Gasteiger partial charge in [-0.05, 0) is 6.07 Å². The van der Waals surface area contributed by atoms with Gasteiger partial charge in [-0.2, -0.15) is 5.10 Å². The fourth-order valence-corrected chi connectivity index (χ4v) is 1.74. The summed E-state index contributed by atoms with van der Waals surface area (Å²) < 4.78 is 1.81. The van der Waals surface area contributed by atoms with Gasteiger partial charge in [-0.25, -0.2) is 0 Å². The minimum absolute atomic E-state index is 0.391. The summed E-state index contributed by atoms with van der Waals surface area (Å²) in [6.45, 7) is 2.64. The smallest absolute Gasteiger partial charge is 0.135 e. The monoisotopic (exact) mass is 193 g/mol. The molecule has 1 aromatic heterocycles. The van der Waals surface area contributed by atoms with Crippen molar-refractivity contribution in [3.05, 3.63) is 18.0 Å². The molecule has 0 bridgehead atoms. The maximum atomic E-state index is 11.0. The topological polar surface area (TPSA) is 38.1 Å². The third-order valence-electron chi connectivity index (χ3n) is 2.57. The highest BCUT2D eigenvalue weighted by Crippen LogP contribution is 2.09. The number of likely N-dealkylation sites (tertiary alicyclic amines) is 1. The van der Waals surface area contributed by atoms with E-state index < -0.39 is 0 Å². The maximum absolute atomic E-state index is 11.0. The summed E-state index contributed by atoms with van der Waals surface area (Å²) in [4.78, 5) is 13.3. The average Bonchev–Trinajstić information content (AvgIpc) is 2.56. The number of piperidine rings is 1. The van der Waals surface area contributed by atoms with Gasteiger partial charge in [0.05, 0.1) is 5.69 Å². The highest BCUT2D eigenvalue weighted by molar-refractivity contribution is 5.79. The Morgan fingerprint density at radius 1 is 1.43 bits per heavy atom. The van der Waals surface area contributed by atoms with E-state index in [-0.39, 0.29) is 0 Å². The Kier molecular flexibility index (Phi) is 2.63. The Bertz CT molecular complexity index is 322. The predicted molar refractivity (Wildman–Crippen MR) is 52.7 cm³/mol. The maximum Gasteiger partial charge on any atom is 0.135 e. The third kappa shape index (κ3) is 2.20. The minimum atomic E-state index is 0.391. The third-order valence-corrected chi connectivity index (χ3v) is 2.57. The molecule has 0 amide bonds. The van der Waals surface area contributed by atoms with Crippen LogP contribution in [-0.2, 0) is 18.4 Å². The van der Waals surface area contributed by atoms with Gasteiger partial charge in [0.15, 0.2) is 0 Å². The number of ketones is 1. The van der Waals surface area contributed by atoms with Crippen molar-refractivity contribution in [1.29, 1.82) is 0 Å². The Balaban J connectivity index is 1.89. The molecule has 1 aliphatic heterocycles. The van der Waals surface area contributed by atoms with E-state index in [0.29, 0.717) is 18.6 Å². The fraction of sp³-hybridized carbons (Fsp3) is 0.600. The van der Waals surface area contributed by atoms with Crippen LogP contribution < -0.4 is 0 Å². The van der Waals surface area contributed by atoms with Crippen LogP contribution in [-0.4, -0.2) is 33.6 Å². The van der Waals surface area contributed by atoms with Crippen molar-refractivity contribution in [2.24, 2.45) is 7.05 Å². The molecule has 1 aliphatic rings. The molecule has 0 spiro atoms. The highest BCUT2D eigenvalue weighted by Gasteiger charge is 2.16. The largest absolute Gasteiger partial charge is 0.300 e. The molecule has 0 radical (unpaired) electrons. The number of carbonyl (C=O) groups is 1. The lowest BCUT2D eigenvalue weighted by Gasteiger charge is -2.24. The van der Waals surface area contributed by atoms with E-state index in [1.54, 1.807) is 0 Å². The van der Waals surface area contributed by atoms with Gasteiger partial charge in [-0.1, -0.05) is 0 Å². The number of carbonyl (C=O) groups excluding carboxylic acids is 1. The summed E-state index contributed by atoms with van der Waals surface area (Å²) in [7, 11) is 1.92. The lowest BCUT2D eigenvalue weighted by Crippen LogP contribution is -2.33. The summed E-state index contributed by atoms with van der Waals surface area (Å²) in [5.41, 5.74) is 1.09. The zero-order valence-corrected chi connectivity index (χ0v) is 8.44. The zero-order valence-electron chi connectivity index (χ0n) is 8.44. The van der Waals surface area contributed by atoms with Gasteiger partial charge in [-0.3, -0.25) is 14.4 Å².